The minimum Gasteiger partial charge on any atom is -0.548 e. The fourth-order valence-electron chi connectivity index (χ4n) is 0.964. The maximum Gasteiger partial charge on any atom is 1.00 e. The second-order valence-electron chi connectivity index (χ2n) is 4.62. The van der Waals surface area contributed by atoms with E-state index in [2.05, 4.69) is 4.99 Å². The Balaban J connectivity index is 0. The minimum atomic E-state index is -1.07. The van der Waals surface area contributed by atoms with Gasteiger partial charge in [0.05, 0.1) is 12.0 Å². The van der Waals surface area contributed by atoms with Gasteiger partial charge < -0.3 is 9.90 Å². The SMILES string of the molecule is CCCC[C@H](N=CC(C)(C)C)C(=O)[O-].[Na+]. The molecule has 0 aliphatic heterocycles. The van der Waals surface area contributed by atoms with Crippen LogP contribution in [0.25, 0.3) is 0 Å². The Morgan fingerprint density at radius 3 is 2.33 bits per heavy atom. The maximum atomic E-state index is 10.7. The molecule has 0 radical (unpaired) electrons. The third-order valence-electron chi connectivity index (χ3n) is 1.74. The fraction of sp³-hybridized carbons (Fsp3) is 0.818. The van der Waals surface area contributed by atoms with Gasteiger partial charge in [-0.25, -0.2) is 0 Å². The third kappa shape index (κ3) is 10.4. The average molecular weight is 221 g/mol. The van der Waals surface area contributed by atoms with Crippen molar-refractivity contribution in [2.75, 3.05) is 0 Å². The summed E-state index contributed by atoms with van der Waals surface area (Å²) in [6.45, 7) is 7.99. The van der Waals surface area contributed by atoms with Gasteiger partial charge in [0.25, 0.3) is 0 Å². The molecule has 0 spiro atoms. The van der Waals surface area contributed by atoms with E-state index in [1.54, 1.807) is 6.21 Å². The molecule has 0 unspecified atom stereocenters. The molecule has 15 heavy (non-hydrogen) atoms. The summed E-state index contributed by atoms with van der Waals surface area (Å²) in [6.07, 6.45) is 4.13. The molecule has 0 saturated heterocycles. The van der Waals surface area contributed by atoms with Crippen LogP contribution in [0.1, 0.15) is 47.0 Å². The smallest absolute Gasteiger partial charge is 0.548 e. The second kappa shape index (κ2) is 8.31. The summed E-state index contributed by atoms with van der Waals surface area (Å²) < 4.78 is 0. The maximum absolute atomic E-state index is 10.7. The van der Waals surface area contributed by atoms with Crippen LogP contribution in [-0.2, 0) is 4.79 Å². The van der Waals surface area contributed by atoms with Gasteiger partial charge >= 0.3 is 29.6 Å². The van der Waals surface area contributed by atoms with E-state index < -0.39 is 12.0 Å². The Morgan fingerprint density at radius 1 is 1.47 bits per heavy atom. The summed E-state index contributed by atoms with van der Waals surface area (Å²) in [6, 6.07) is -0.672. The average Bonchev–Trinajstić information content (AvgIpc) is 2.01. The Morgan fingerprint density at radius 2 is 2.00 bits per heavy atom. The van der Waals surface area contributed by atoms with E-state index in [0.29, 0.717) is 6.42 Å². The van der Waals surface area contributed by atoms with Crippen molar-refractivity contribution in [2.45, 2.75) is 53.0 Å². The van der Waals surface area contributed by atoms with Crippen molar-refractivity contribution in [3.63, 3.8) is 0 Å². The summed E-state index contributed by atoms with van der Waals surface area (Å²) in [4.78, 5) is 14.7. The third-order valence-corrected chi connectivity index (χ3v) is 1.74. The van der Waals surface area contributed by atoms with Gasteiger partial charge in [-0.05, 0) is 11.8 Å². The Kier molecular flexibility index (Phi) is 9.71. The number of carbonyl (C=O) groups is 1. The summed E-state index contributed by atoms with van der Waals surface area (Å²) in [7, 11) is 0. The molecule has 0 heterocycles. The zero-order chi connectivity index (χ0) is 11.2. The predicted molar refractivity (Wildman–Crippen MR) is 56.3 cm³/mol. The van der Waals surface area contributed by atoms with E-state index in [0.717, 1.165) is 12.8 Å². The molecule has 0 fully saturated rings. The van der Waals surface area contributed by atoms with E-state index >= 15 is 0 Å². The zero-order valence-corrected chi connectivity index (χ0v) is 12.5. The minimum absolute atomic E-state index is 0. The van der Waals surface area contributed by atoms with Gasteiger partial charge in [-0.1, -0.05) is 40.5 Å². The van der Waals surface area contributed by atoms with E-state index in [9.17, 15) is 9.90 Å². The molecule has 0 amide bonds. The number of carboxylic acids is 1. The van der Waals surface area contributed by atoms with E-state index in [4.69, 9.17) is 0 Å². The van der Waals surface area contributed by atoms with Gasteiger partial charge in [-0.15, -0.1) is 0 Å². The monoisotopic (exact) mass is 221 g/mol. The first-order valence-electron chi connectivity index (χ1n) is 5.12. The van der Waals surface area contributed by atoms with Crippen molar-refractivity contribution < 1.29 is 39.5 Å². The molecule has 0 rings (SSSR count). The van der Waals surface area contributed by atoms with Gasteiger partial charge in [0.1, 0.15) is 0 Å². The molecule has 0 saturated carbocycles. The molecule has 0 bridgehead atoms. The predicted octanol–water partition coefficient (Wildman–Crippen LogP) is -1.58. The molecule has 0 N–H and O–H groups in total. The van der Waals surface area contributed by atoms with Crippen LogP contribution in [0.2, 0.25) is 0 Å². The molecule has 0 aromatic carbocycles. The van der Waals surface area contributed by atoms with Crippen LogP contribution in [-0.4, -0.2) is 18.2 Å². The summed E-state index contributed by atoms with van der Waals surface area (Å²) >= 11 is 0. The van der Waals surface area contributed by atoms with Gasteiger partial charge in [-0.2, -0.15) is 0 Å². The molecular weight excluding hydrogens is 201 g/mol. The standard InChI is InChI=1S/C11H21NO2.Na/c1-5-6-7-9(10(13)14)12-8-11(2,3)4;/h8-9H,5-7H2,1-4H3,(H,13,14);/q;+1/p-1/t9-;/m0./s1. The van der Waals surface area contributed by atoms with Crippen LogP contribution in [0.3, 0.4) is 0 Å². The second-order valence-corrected chi connectivity index (χ2v) is 4.62. The number of unbranched alkanes of at least 4 members (excludes halogenated alkanes) is 1. The van der Waals surface area contributed by atoms with E-state index in [1.807, 2.05) is 27.7 Å². The number of aliphatic imine (C=N–C) groups is 1. The van der Waals surface area contributed by atoms with Crippen molar-refractivity contribution in [3.05, 3.63) is 0 Å². The van der Waals surface area contributed by atoms with Crippen molar-refractivity contribution >= 4 is 12.2 Å². The molecule has 0 aliphatic carbocycles. The summed E-state index contributed by atoms with van der Waals surface area (Å²) in [5, 5.41) is 10.7. The number of carboxylic acid groups (broad SMARTS) is 1. The number of aliphatic carboxylic acids is 1. The Labute approximate surface area is 115 Å². The largest absolute Gasteiger partial charge is 1.00 e. The first kappa shape index (κ1) is 17.5. The first-order valence-corrected chi connectivity index (χ1v) is 5.12. The van der Waals surface area contributed by atoms with Crippen LogP contribution >= 0.6 is 0 Å². The summed E-state index contributed by atoms with van der Waals surface area (Å²) in [5.41, 5.74) is -0.0695. The number of rotatable bonds is 5. The first-order chi connectivity index (χ1) is 6.37. The molecule has 82 valence electrons. The van der Waals surface area contributed by atoms with Crippen LogP contribution in [0.15, 0.2) is 4.99 Å². The quantitative estimate of drug-likeness (QED) is 0.415. The van der Waals surface area contributed by atoms with Gasteiger partial charge in [0.2, 0.25) is 0 Å². The number of hydrogen-bond acceptors (Lipinski definition) is 3. The number of nitrogens with zero attached hydrogens (tertiary/aromatic N) is 1. The molecule has 0 aliphatic rings. The van der Waals surface area contributed by atoms with Crippen molar-refractivity contribution in [1.82, 2.24) is 0 Å². The van der Waals surface area contributed by atoms with Gasteiger partial charge in [0.15, 0.2) is 0 Å². The van der Waals surface area contributed by atoms with Crippen molar-refractivity contribution in [3.8, 4) is 0 Å². The van der Waals surface area contributed by atoms with Crippen LogP contribution < -0.4 is 34.7 Å². The van der Waals surface area contributed by atoms with E-state index in [-0.39, 0.29) is 35.0 Å². The molecule has 1 atom stereocenters. The van der Waals surface area contributed by atoms with Crippen LogP contribution in [0, 0.1) is 5.41 Å². The summed E-state index contributed by atoms with van der Waals surface area (Å²) in [5.74, 6) is -1.07. The fourth-order valence-corrected chi connectivity index (χ4v) is 0.964. The number of hydrogen-bond donors (Lipinski definition) is 0. The number of carbonyl (C=O) groups excluding carboxylic acids is 1. The van der Waals surface area contributed by atoms with Gasteiger partial charge in [0, 0.05) is 6.21 Å². The topological polar surface area (TPSA) is 52.5 Å². The Bertz CT molecular complexity index is 209. The zero-order valence-electron chi connectivity index (χ0n) is 10.5. The van der Waals surface area contributed by atoms with Crippen LogP contribution in [0.5, 0.6) is 0 Å². The molecular formula is C11H20NNaO2. The van der Waals surface area contributed by atoms with Crippen molar-refractivity contribution in [2.24, 2.45) is 10.4 Å². The molecule has 3 nitrogen and oxygen atoms in total. The molecule has 4 heteroatoms. The van der Waals surface area contributed by atoms with Gasteiger partial charge in [-0.3, -0.25) is 4.99 Å². The normalized spacial score (nSPS) is 13.6. The van der Waals surface area contributed by atoms with Crippen molar-refractivity contribution in [1.29, 1.82) is 0 Å². The van der Waals surface area contributed by atoms with E-state index in [1.165, 1.54) is 0 Å². The van der Waals surface area contributed by atoms with Crippen LogP contribution in [0.4, 0.5) is 0 Å². The molecule has 0 aromatic heterocycles. The molecule has 0 aromatic rings. The Hall–Kier alpha value is 0.140.